The highest BCUT2D eigenvalue weighted by Gasteiger charge is 2.23. The first kappa shape index (κ1) is 14.8. The third-order valence-electron chi connectivity index (χ3n) is 4.34. The molecule has 4 heteroatoms. The van der Waals surface area contributed by atoms with Crippen molar-refractivity contribution in [2.75, 3.05) is 39.3 Å². The number of likely N-dealkylation sites (tertiary alicyclic amines) is 2. The number of nitrogens with one attached hydrogen (secondary N) is 1. The summed E-state index contributed by atoms with van der Waals surface area (Å²) in [5.74, 6) is 0.347. The zero-order valence-electron chi connectivity index (χ0n) is 12.4. The predicted molar refractivity (Wildman–Crippen MR) is 78.2 cm³/mol. The number of piperidine rings is 2. The van der Waals surface area contributed by atoms with Crippen molar-refractivity contribution >= 4 is 5.91 Å². The quantitative estimate of drug-likeness (QED) is 0.819. The molecule has 0 bridgehead atoms. The standard InChI is InChI=1S/C15H29N3O/c1-2-8-16-14-6-11-17(12-7-14)13-15(19)18-9-4-3-5-10-18/h14,16H,2-13H2,1H3. The number of amides is 1. The van der Waals surface area contributed by atoms with E-state index in [2.05, 4.69) is 22.0 Å². The van der Waals surface area contributed by atoms with Crippen LogP contribution in [0.1, 0.15) is 45.4 Å². The van der Waals surface area contributed by atoms with E-state index in [1.165, 1.54) is 38.5 Å². The predicted octanol–water partition coefficient (Wildman–Crippen LogP) is 1.46. The minimum atomic E-state index is 0.347. The molecule has 2 fully saturated rings. The van der Waals surface area contributed by atoms with Gasteiger partial charge in [0, 0.05) is 32.2 Å². The summed E-state index contributed by atoms with van der Waals surface area (Å²) in [5.41, 5.74) is 0. The molecule has 2 heterocycles. The van der Waals surface area contributed by atoms with Gasteiger partial charge in [0.1, 0.15) is 0 Å². The molecule has 0 aromatic heterocycles. The Balaban J connectivity index is 1.65. The Bertz CT molecular complexity index is 269. The second kappa shape index (κ2) is 7.85. The van der Waals surface area contributed by atoms with Gasteiger partial charge in [0.15, 0.2) is 0 Å². The van der Waals surface area contributed by atoms with Crippen LogP contribution in [0.25, 0.3) is 0 Å². The molecule has 0 atom stereocenters. The SMILES string of the molecule is CCCNC1CCN(CC(=O)N2CCCCC2)CC1. The molecule has 0 saturated carbocycles. The van der Waals surface area contributed by atoms with Crippen molar-refractivity contribution in [3.8, 4) is 0 Å². The van der Waals surface area contributed by atoms with E-state index < -0.39 is 0 Å². The Kier molecular flexibility index (Phi) is 6.11. The largest absolute Gasteiger partial charge is 0.342 e. The Labute approximate surface area is 117 Å². The van der Waals surface area contributed by atoms with Crippen LogP contribution in [0, 0.1) is 0 Å². The number of carbonyl (C=O) groups is 1. The minimum Gasteiger partial charge on any atom is -0.342 e. The summed E-state index contributed by atoms with van der Waals surface area (Å²) < 4.78 is 0. The summed E-state index contributed by atoms with van der Waals surface area (Å²) in [7, 11) is 0. The third kappa shape index (κ3) is 4.77. The summed E-state index contributed by atoms with van der Waals surface area (Å²) in [4.78, 5) is 16.6. The van der Waals surface area contributed by atoms with Gasteiger partial charge in [0.25, 0.3) is 0 Å². The van der Waals surface area contributed by atoms with Crippen molar-refractivity contribution in [2.45, 2.75) is 51.5 Å². The average molecular weight is 267 g/mol. The van der Waals surface area contributed by atoms with Gasteiger partial charge in [0.05, 0.1) is 6.54 Å². The molecule has 19 heavy (non-hydrogen) atoms. The van der Waals surface area contributed by atoms with E-state index in [4.69, 9.17) is 0 Å². The molecule has 4 nitrogen and oxygen atoms in total. The summed E-state index contributed by atoms with van der Waals surface area (Å²) in [5, 5.41) is 3.59. The van der Waals surface area contributed by atoms with Gasteiger partial charge < -0.3 is 10.2 Å². The van der Waals surface area contributed by atoms with E-state index in [-0.39, 0.29) is 0 Å². The van der Waals surface area contributed by atoms with Gasteiger partial charge >= 0.3 is 0 Å². The number of nitrogens with zero attached hydrogens (tertiary/aromatic N) is 2. The normalized spacial score (nSPS) is 22.7. The highest BCUT2D eigenvalue weighted by molar-refractivity contribution is 5.78. The van der Waals surface area contributed by atoms with Crippen LogP contribution in [0.5, 0.6) is 0 Å². The molecule has 0 aromatic carbocycles. The molecule has 2 saturated heterocycles. The first-order valence-electron chi connectivity index (χ1n) is 8.03. The summed E-state index contributed by atoms with van der Waals surface area (Å²) >= 11 is 0. The molecular weight excluding hydrogens is 238 g/mol. The molecule has 0 unspecified atom stereocenters. The van der Waals surface area contributed by atoms with E-state index in [9.17, 15) is 4.79 Å². The number of hydrogen-bond donors (Lipinski definition) is 1. The fourth-order valence-electron chi connectivity index (χ4n) is 3.08. The Morgan fingerprint density at radius 3 is 2.42 bits per heavy atom. The molecule has 0 spiro atoms. The molecule has 1 N–H and O–H groups in total. The topological polar surface area (TPSA) is 35.6 Å². The highest BCUT2D eigenvalue weighted by Crippen LogP contribution is 2.13. The van der Waals surface area contributed by atoms with E-state index in [1.54, 1.807) is 0 Å². The van der Waals surface area contributed by atoms with Crippen molar-refractivity contribution in [1.82, 2.24) is 15.1 Å². The Morgan fingerprint density at radius 1 is 1.11 bits per heavy atom. The molecule has 0 aromatic rings. The van der Waals surface area contributed by atoms with Gasteiger partial charge in [-0.25, -0.2) is 0 Å². The smallest absolute Gasteiger partial charge is 0.236 e. The second-order valence-corrected chi connectivity index (χ2v) is 5.95. The summed E-state index contributed by atoms with van der Waals surface area (Å²) in [6, 6.07) is 0.668. The lowest BCUT2D eigenvalue weighted by atomic mass is 10.0. The van der Waals surface area contributed by atoms with Gasteiger partial charge in [-0.15, -0.1) is 0 Å². The van der Waals surface area contributed by atoms with E-state index in [0.717, 1.165) is 32.7 Å². The molecule has 0 aliphatic carbocycles. The van der Waals surface area contributed by atoms with Crippen LogP contribution in [0.4, 0.5) is 0 Å². The van der Waals surface area contributed by atoms with Crippen molar-refractivity contribution in [1.29, 1.82) is 0 Å². The molecule has 1 amide bonds. The average Bonchev–Trinajstić information content (AvgIpc) is 2.47. The maximum atomic E-state index is 12.2. The van der Waals surface area contributed by atoms with E-state index in [1.807, 2.05) is 0 Å². The van der Waals surface area contributed by atoms with Crippen molar-refractivity contribution in [3.63, 3.8) is 0 Å². The van der Waals surface area contributed by atoms with Crippen LogP contribution < -0.4 is 5.32 Å². The highest BCUT2D eigenvalue weighted by atomic mass is 16.2. The van der Waals surface area contributed by atoms with Crippen LogP contribution >= 0.6 is 0 Å². The lowest BCUT2D eigenvalue weighted by molar-refractivity contribution is -0.133. The molecule has 2 aliphatic heterocycles. The van der Waals surface area contributed by atoms with Crippen LogP contribution in [-0.4, -0.2) is 61.0 Å². The van der Waals surface area contributed by atoms with Gasteiger partial charge in [-0.2, -0.15) is 0 Å². The molecule has 2 aliphatic rings. The Hall–Kier alpha value is -0.610. The van der Waals surface area contributed by atoms with Crippen molar-refractivity contribution in [3.05, 3.63) is 0 Å². The van der Waals surface area contributed by atoms with Gasteiger partial charge in [-0.05, 0) is 45.1 Å². The first-order chi connectivity index (χ1) is 9.29. The molecule has 2 rings (SSSR count). The van der Waals surface area contributed by atoms with Gasteiger partial charge in [-0.3, -0.25) is 9.69 Å². The fraction of sp³-hybridized carbons (Fsp3) is 0.933. The maximum absolute atomic E-state index is 12.2. The zero-order valence-corrected chi connectivity index (χ0v) is 12.4. The van der Waals surface area contributed by atoms with Gasteiger partial charge in [0.2, 0.25) is 5.91 Å². The van der Waals surface area contributed by atoms with Crippen molar-refractivity contribution in [2.24, 2.45) is 0 Å². The molecule has 0 radical (unpaired) electrons. The molecule has 110 valence electrons. The van der Waals surface area contributed by atoms with E-state index in [0.29, 0.717) is 18.5 Å². The zero-order chi connectivity index (χ0) is 13.5. The van der Waals surface area contributed by atoms with Crippen LogP contribution in [0.3, 0.4) is 0 Å². The summed E-state index contributed by atoms with van der Waals surface area (Å²) in [6.45, 7) is 8.07. The molecular formula is C15H29N3O. The number of rotatable bonds is 5. The first-order valence-corrected chi connectivity index (χ1v) is 8.03. The van der Waals surface area contributed by atoms with Crippen LogP contribution in [0.2, 0.25) is 0 Å². The fourth-order valence-corrected chi connectivity index (χ4v) is 3.08. The lowest BCUT2D eigenvalue weighted by Crippen LogP contribution is -2.47. The number of carbonyl (C=O) groups excluding carboxylic acids is 1. The summed E-state index contributed by atoms with van der Waals surface area (Å²) in [6.07, 6.45) is 7.25. The number of hydrogen-bond acceptors (Lipinski definition) is 3. The van der Waals surface area contributed by atoms with Crippen molar-refractivity contribution < 1.29 is 4.79 Å². The van der Waals surface area contributed by atoms with Crippen LogP contribution in [0.15, 0.2) is 0 Å². The third-order valence-corrected chi connectivity index (χ3v) is 4.34. The lowest BCUT2D eigenvalue weighted by Gasteiger charge is -2.34. The minimum absolute atomic E-state index is 0.347. The second-order valence-electron chi connectivity index (χ2n) is 5.95. The van der Waals surface area contributed by atoms with Gasteiger partial charge in [-0.1, -0.05) is 6.92 Å². The van der Waals surface area contributed by atoms with E-state index >= 15 is 0 Å². The Morgan fingerprint density at radius 2 is 1.79 bits per heavy atom. The maximum Gasteiger partial charge on any atom is 0.236 e. The monoisotopic (exact) mass is 267 g/mol. The van der Waals surface area contributed by atoms with Crippen LogP contribution in [-0.2, 0) is 4.79 Å².